The van der Waals surface area contributed by atoms with E-state index in [4.69, 9.17) is 9.47 Å². The van der Waals surface area contributed by atoms with Crippen LogP contribution in [0.3, 0.4) is 0 Å². The van der Waals surface area contributed by atoms with Crippen LogP contribution in [0.15, 0.2) is 36.4 Å². The average Bonchev–Trinajstić information content (AvgIpc) is 3.07. The summed E-state index contributed by atoms with van der Waals surface area (Å²) >= 11 is 0. The molecule has 0 saturated carbocycles. The van der Waals surface area contributed by atoms with Crippen LogP contribution in [0.4, 0.5) is 0 Å². The Morgan fingerprint density at radius 3 is 2.52 bits per heavy atom. The molecular weight excluding hydrogens is 348 g/mol. The van der Waals surface area contributed by atoms with Gasteiger partial charge >= 0.3 is 0 Å². The first kappa shape index (κ1) is 18.8. The molecule has 0 radical (unpaired) electrons. The lowest BCUT2D eigenvalue weighted by molar-refractivity contribution is -0.0232. The molecule has 2 aromatic carbocycles. The van der Waals surface area contributed by atoms with E-state index in [2.05, 4.69) is 0 Å². The first-order valence-electron chi connectivity index (χ1n) is 8.54. The van der Waals surface area contributed by atoms with Crippen LogP contribution in [0.25, 0.3) is 6.08 Å². The predicted octanol–water partition coefficient (Wildman–Crippen LogP) is 3.08. The maximum atomic E-state index is 12.9. The first-order valence-corrected chi connectivity index (χ1v) is 8.54. The normalized spacial score (nSPS) is 16.2. The topological polar surface area (TPSA) is 96.2 Å². The van der Waals surface area contributed by atoms with Crippen LogP contribution in [-0.2, 0) is 6.42 Å². The standard InChI is InChI=1S/C21H22O6/c1-21(2,25)18-10-14-16(24)11-17(26-3)19(20(14)27-18)15(23)9-6-12-4-7-13(22)8-5-12/h4-9,11,18,22,24-25H,10H2,1-3H3/b9-6+/t18-/m1/s1. The predicted molar refractivity (Wildman–Crippen MR) is 101 cm³/mol. The van der Waals surface area contributed by atoms with Gasteiger partial charge in [0, 0.05) is 18.1 Å². The number of carbonyl (C=O) groups is 1. The maximum absolute atomic E-state index is 12.9. The van der Waals surface area contributed by atoms with Crippen LogP contribution in [0.5, 0.6) is 23.0 Å². The van der Waals surface area contributed by atoms with Crippen molar-refractivity contribution in [3.8, 4) is 23.0 Å². The van der Waals surface area contributed by atoms with Gasteiger partial charge in [-0.3, -0.25) is 4.79 Å². The fourth-order valence-corrected chi connectivity index (χ4v) is 2.99. The summed E-state index contributed by atoms with van der Waals surface area (Å²) in [5, 5.41) is 29.9. The maximum Gasteiger partial charge on any atom is 0.193 e. The molecule has 1 aliphatic rings. The molecule has 0 amide bonds. The zero-order chi connectivity index (χ0) is 19.8. The van der Waals surface area contributed by atoms with Crippen LogP contribution >= 0.6 is 0 Å². The van der Waals surface area contributed by atoms with E-state index >= 15 is 0 Å². The second-order valence-electron chi connectivity index (χ2n) is 7.03. The fourth-order valence-electron chi connectivity index (χ4n) is 2.99. The Balaban J connectivity index is 1.99. The summed E-state index contributed by atoms with van der Waals surface area (Å²) in [6.45, 7) is 3.23. The van der Waals surface area contributed by atoms with E-state index in [0.29, 0.717) is 5.56 Å². The molecule has 1 heterocycles. The monoisotopic (exact) mass is 370 g/mol. The Kier molecular flexibility index (Phi) is 4.85. The number of aromatic hydroxyl groups is 2. The van der Waals surface area contributed by atoms with E-state index < -0.39 is 11.7 Å². The minimum absolute atomic E-state index is 0.0346. The highest BCUT2D eigenvalue weighted by Gasteiger charge is 2.39. The summed E-state index contributed by atoms with van der Waals surface area (Å²) in [5.74, 6) is 0.185. The van der Waals surface area contributed by atoms with E-state index in [9.17, 15) is 20.1 Å². The lowest BCUT2D eigenvalue weighted by atomic mass is 9.95. The van der Waals surface area contributed by atoms with Gasteiger partial charge in [-0.25, -0.2) is 0 Å². The van der Waals surface area contributed by atoms with E-state index in [1.807, 2.05) is 0 Å². The third-order valence-corrected chi connectivity index (χ3v) is 4.55. The highest BCUT2D eigenvalue weighted by molar-refractivity contribution is 6.11. The summed E-state index contributed by atoms with van der Waals surface area (Å²) in [4.78, 5) is 12.9. The molecular formula is C21H22O6. The van der Waals surface area contributed by atoms with Gasteiger partial charge in [0.2, 0.25) is 0 Å². The van der Waals surface area contributed by atoms with Crippen LogP contribution in [0, 0.1) is 0 Å². The minimum atomic E-state index is -1.14. The van der Waals surface area contributed by atoms with E-state index in [1.54, 1.807) is 32.1 Å². The number of ketones is 1. The van der Waals surface area contributed by atoms with Gasteiger partial charge in [0.15, 0.2) is 5.78 Å². The number of fused-ring (bicyclic) bond motifs is 1. The van der Waals surface area contributed by atoms with Gasteiger partial charge in [-0.2, -0.15) is 0 Å². The molecule has 3 N–H and O–H groups in total. The number of phenols is 2. The molecule has 0 aromatic heterocycles. The summed E-state index contributed by atoms with van der Waals surface area (Å²) < 4.78 is 11.1. The molecule has 0 bridgehead atoms. The first-order chi connectivity index (χ1) is 12.7. The summed E-state index contributed by atoms with van der Waals surface area (Å²) in [7, 11) is 1.41. The zero-order valence-corrected chi connectivity index (χ0v) is 15.4. The van der Waals surface area contributed by atoms with Crippen molar-refractivity contribution in [2.75, 3.05) is 7.11 Å². The van der Waals surface area contributed by atoms with Crippen LogP contribution < -0.4 is 9.47 Å². The van der Waals surface area contributed by atoms with Crippen molar-refractivity contribution in [1.82, 2.24) is 0 Å². The number of phenolic OH excluding ortho intramolecular Hbond substituents is 2. The number of methoxy groups -OCH3 is 1. The van der Waals surface area contributed by atoms with Gasteiger partial charge < -0.3 is 24.8 Å². The van der Waals surface area contributed by atoms with Crippen LogP contribution in [0.2, 0.25) is 0 Å². The van der Waals surface area contributed by atoms with Crippen LogP contribution in [0.1, 0.15) is 35.3 Å². The molecule has 0 spiro atoms. The Labute approximate surface area is 157 Å². The van der Waals surface area contributed by atoms with Gasteiger partial charge in [-0.15, -0.1) is 0 Å². The molecule has 142 valence electrons. The Hall–Kier alpha value is -2.99. The molecule has 0 aliphatic carbocycles. The van der Waals surface area contributed by atoms with Gasteiger partial charge in [-0.05, 0) is 37.6 Å². The van der Waals surface area contributed by atoms with Crippen molar-refractivity contribution in [2.45, 2.75) is 32.0 Å². The van der Waals surface area contributed by atoms with Gasteiger partial charge in [0.05, 0.1) is 12.7 Å². The Bertz CT molecular complexity index is 890. The summed E-state index contributed by atoms with van der Waals surface area (Å²) in [6, 6.07) is 7.80. The van der Waals surface area contributed by atoms with E-state index in [0.717, 1.165) is 5.56 Å². The second kappa shape index (κ2) is 6.96. The third-order valence-electron chi connectivity index (χ3n) is 4.55. The van der Waals surface area contributed by atoms with Crippen molar-refractivity contribution in [2.24, 2.45) is 0 Å². The van der Waals surface area contributed by atoms with Crippen molar-refractivity contribution >= 4 is 11.9 Å². The third kappa shape index (κ3) is 3.75. The fraction of sp³-hybridized carbons (Fsp3) is 0.286. The zero-order valence-electron chi connectivity index (χ0n) is 15.4. The molecule has 0 fully saturated rings. The Morgan fingerprint density at radius 1 is 1.26 bits per heavy atom. The van der Waals surface area contributed by atoms with Crippen molar-refractivity contribution < 1.29 is 29.6 Å². The van der Waals surface area contributed by atoms with Crippen LogP contribution in [-0.4, -0.2) is 39.9 Å². The highest BCUT2D eigenvalue weighted by atomic mass is 16.5. The summed E-state index contributed by atoms with van der Waals surface area (Å²) in [6.07, 6.45) is 2.69. The van der Waals surface area contributed by atoms with Crippen molar-refractivity contribution in [3.63, 3.8) is 0 Å². The average molecular weight is 370 g/mol. The molecule has 0 saturated heterocycles. The number of hydrogen-bond acceptors (Lipinski definition) is 6. The molecule has 3 rings (SSSR count). The number of ether oxygens (including phenoxy) is 2. The molecule has 6 heteroatoms. The highest BCUT2D eigenvalue weighted by Crippen LogP contribution is 2.45. The smallest absolute Gasteiger partial charge is 0.193 e. The molecule has 6 nitrogen and oxygen atoms in total. The largest absolute Gasteiger partial charge is 0.508 e. The van der Waals surface area contributed by atoms with Gasteiger partial charge in [0.25, 0.3) is 0 Å². The summed E-state index contributed by atoms with van der Waals surface area (Å²) in [5.41, 5.74) is 0.281. The minimum Gasteiger partial charge on any atom is -0.508 e. The lowest BCUT2D eigenvalue weighted by Gasteiger charge is -2.24. The quantitative estimate of drug-likeness (QED) is 0.553. The molecule has 0 unspecified atom stereocenters. The molecule has 1 atom stereocenters. The second-order valence-corrected chi connectivity index (χ2v) is 7.03. The number of carbonyl (C=O) groups excluding carboxylic acids is 1. The molecule has 1 aliphatic heterocycles. The molecule has 2 aromatic rings. The van der Waals surface area contributed by atoms with Crippen molar-refractivity contribution in [1.29, 1.82) is 0 Å². The number of hydrogen-bond donors (Lipinski definition) is 3. The van der Waals surface area contributed by atoms with Gasteiger partial charge in [-0.1, -0.05) is 18.2 Å². The molecule has 27 heavy (non-hydrogen) atoms. The SMILES string of the molecule is COc1cc(O)c2c(c1C(=O)/C=C/c1ccc(O)cc1)O[C@@H](C(C)(C)O)C2. The number of aliphatic hydroxyl groups is 1. The Morgan fingerprint density at radius 2 is 1.93 bits per heavy atom. The number of allylic oxidation sites excluding steroid dienone is 1. The van der Waals surface area contributed by atoms with E-state index in [1.165, 1.54) is 31.4 Å². The van der Waals surface area contributed by atoms with Gasteiger partial charge in [0.1, 0.15) is 34.7 Å². The van der Waals surface area contributed by atoms with Crippen molar-refractivity contribution in [3.05, 3.63) is 53.1 Å². The number of rotatable bonds is 5. The lowest BCUT2D eigenvalue weighted by Crippen LogP contribution is -2.39. The van der Waals surface area contributed by atoms with E-state index in [-0.39, 0.29) is 40.8 Å². The number of benzene rings is 2.